The smallest absolute Gasteiger partial charge is 0.329 e. The Hall–Kier alpha value is -3.31. The number of nitro benzene ring substituents is 1. The maximum atomic E-state index is 13.6. The van der Waals surface area contributed by atoms with Gasteiger partial charge in [-0.1, -0.05) is 55.3 Å². The number of benzene rings is 2. The van der Waals surface area contributed by atoms with Gasteiger partial charge in [-0.05, 0) is 24.5 Å². The Balaban J connectivity index is 1.72. The molecule has 10 nitrogen and oxygen atoms in total. The first-order valence-electron chi connectivity index (χ1n) is 10.5. The molecular formula is C22H23N3O7S. The molecule has 2 aromatic rings. The van der Waals surface area contributed by atoms with Crippen molar-refractivity contribution in [3.8, 4) is 0 Å². The van der Waals surface area contributed by atoms with Crippen molar-refractivity contribution >= 4 is 27.6 Å². The Morgan fingerprint density at radius 2 is 1.73 bits per heavy atom. The minimum absolute atomic E-state index is 0.0855. The van der Waals surface area contributed by atoms with Crippen molar-refractivity contribution in [2.75, 3.05) is 6.54 Å². The molecule has 33 heavy (non-hydrogen) atoms. The molecule has 0 radical (unpaired) electrons. The Bertz CT molecular complexity index is 1190. The van der Waals surface area contributed by atoms with E-state index in [-0.39, 0.29) is 13.1 Å². The number of nitro groups is 1. The molecule has 2 aliphatic rings. The van der Waals surface area contributed by atoms with Gasteiger partial charge in [-0.2, -0.15) is 4.31 Å². The fourth-order valence-electron chi connectivity index (χ4n) is 4.65. The van der Waals surface area contributed by atoms with E-state index in [0.29, 0.717) is 31.2 Å². The van der Waals surface area contributed by atoms with E-state index in [4.69, 9.17) is 0 Å². The molecule has 0 bridgehead atoms. The predicted molar refractivity (Wildman–Crippen MR) is 117 cm³/mol. The average molecular weight is 474 g/mol. The number of hydrogen-bond acceptors (Lipinski definition) is 6. The quantitative estimate of drug-likeness (QED) is 0.353. The molecule has 1 N–H and O–H groups in total. The number of nitrogens with zero attached hydrogens (tertiary/aromatic N) is 3. The van der Waals surface area contributed by atoms with Crippen LogP contribution in [-0.2, 0) is 26.2 Å². The number of carboxylic acids is 1. The Morgan fingerprint density at radius 1 is 1.12 bits per heavy atom. The number of rotatable bonds is 8. The zero-order valence-electron chi connectivity index (χ0n) is 17.7. The van der Waals surface area contributed by atoms with Crippen molar-refractivity contribution in [2.45, 2.75) is 48.7 Å². The second kappa shape index (κ2) is 8.56. The third-order valence-electron chi connectivity index (χ3n) is 6.43. The molecular weight excluding hydrogens is 450 g/mol. The summed E-state index contributed by atoms with van der Waals surface area (Å²) < 4.78 is 28.2. The number of likely N-dealkylation sites (tertiary alicyclic amines) is 1. The molecule has 0 aromatic heterocycles. The van der Waals surface area contributed by atoms with Crippen LogP contribution in [0.5, 0.6) is 0 Å². The van der Waals surface area contributed by atoms with Crippen molar-refractivity contribution in [3.05, 3.63) is 70.3 Å². The van der Waals surface area contributed by atoms with E-state index in [1.807, 2.05) is 0 Å². The van der Waals surface area contributed by atoms with Crippen molar-refractivity contribution in [1.29, 1.82) is 0 Å². The van der Waals surface area contributed by atoms with E-state index in [1.54, 1.807) is 30.3 Å². The van der Waals surface area contributed by atoms with Crippen LogP contribution in [0.1, 0.15) is 31.2 Å². The second-order valence-electron chi connectivity index (χ2n) is 8.27. The van der Waals surface area contributed by atoms with E-state index in [9.17, 15) is 33.2 Å². The number of carbonyl (C=O) groups excluding carboxylic acids is 1. The zero-order chi connectivity index (χ0) is 23.8. The van der Waals surface area contributed by atoms with E-state index >= 15 is 0 Å². The molecule has 2 fully saturated rings. The first-order valence-corrected chi connectivity index (χ1v) is 12.0. The zero-order valence-corrected chi connectivity index (χ0v) is 18.5. The summed E-state index contributed by atoms with van der Waals surface area (Å²) in [5, 5.41) is 21.3. The topological polar surface area (TPSA) is 138 Å². The van der Waals surface area contributed by atoms with E-state index < -0.39 is 49.0 Å². The lowest BCUT2D eigenvalue weighted by molar-refractivity contribution is -0.387. The van der Waals surface area contributed by atoms with Crippen molar-refractivity contribution in [3.63, 3.8) is 0 Å². The van der Waals surface area contributed by atoms with Crippen LogP contribution >= 0.6 is 0 Å². The molecule has 174 valence electrons. The Morgan fingerprint density at radius 3 is 2.30 bits per heavy atom. The Labute approximate surface area is 190 Å². The van der Waals surface area contributed by atoms with Gasteiger partial charge in [-0.3, -0.25) is 14.9 Å². The average Bonchev–Trinajstić information content (AvgIpc) is 3.29. The molecule has 4 rings (SSSR count). The molecule has 11 heteroatoms. The predicted octanol–water partition coefficient (Wildman–Crippen LogP) is 2.39. The number of amides is 1. The Kier molecular flexibility index (Phi) is 5.93. The SMILES string of the molecule is O=C1C(N(Cc2ccccc2)S(=O)(=O)c2ccccc2[N+](=O)[O-])CN1C1(C(=O)O)CCCC1. The van der Waals surface area contributed by atoms with Crippen LogP contribution < -0.4 is 0 Å². The largest absolute Gasteiger partial charge is 0.479 e. The molecule has 1 atom stereocenters. The van der Waals surface area contributed by atoms with Crippen molar-refractivity contribution < 1.29 is 28.0 Å². The molecule has 1 amide bonds. The summed E-state index contributed by atoms with van der Waals surface area (Å²) in [5.41, 5.74) is -1.31. The fourth-order valence-corrected chi connectivity index (χ4v) is 6.37. The van der Waals surface area contributed by atoms with Gasteiger partial charge < -0.3 is 10.0 Å². The van der Waals surface area contributed by atoms with Gasteiger partial charge in [0.25, 0.3) is 15.7 Å². The van der Waals surface area contributed by atoms with Gasteiger partial charge in [-0.25, -0.2) is 13.2 Å². The highest BCUT2D eigenvalue weighted by Crippen LogP contribution is 2.41. The highest BCUT2D eigenvalue weighted by Gasteiger charge is 2.58. The van der Waals surface area contributed by atoms with Crippen LogP contribution in [0.3, 0.4) is 0 Å². The molecule has 1 heterocycles. The lowest BCUT2D eigenvalue weighted by atomic mass is 9.89. The summed E-state index contributed by atoms with van der Waals surface area (Å²) in [7, 11) is -4.46. The first-order chi connectivity index (χ1) is 15.7. The minimum atomic E-state index is -4.46. The number of para-hydroxylation sites is 1. The third-order valence-corrected chi connectivity index (χ3v) is 8.33. The van der Waals surface area contributed by atoms with Crippen LogP contribution in [-0.4, -0.2) is 57.7 Å². The van der Waals surface area contributed by atoms with Gasteiger partial charge in [0.2, 0.25) is 5.91 Å². The number of sulfonamides is 1. The maximum absolute atomic E-state index is 13.6. The molecule has 1 saturated carbocycles. The van der Waals surface area contributed by atoms with Crippen molar-refractivity contribution in [2.24, 2.45) is 0 Å². The highest BCUT2D eigenvalue weighted by atomic mass is 32.2. The van der Waals surface area contributed by atoms with Gasteiger partial charge in [0, 0.05) is 19.2 Å². The van der Waals surface area contributed by atoms with E-state index in [0.717, 1.165) is 16.4 Å². The summed E-state index contributed by atoms with van der Waals surface area (Å²) in [6, 6.07) is 12.4. The van der Waals surface area contributed by atoms with Crippen LogP contribution in [0, 0.1) is 10.1 Å². The highest BCUT2D eigenvalue weighted by molar-refractivity contribution is 7.89. The molecule has 0 spiro atoms. The number of carbonyl (C=O) groups is 2. The van der Waals surface area contributed by atoms with Gasteiger partial charge in [0.1, 0.15) is 11.6 Å². The normalized spacial score (nSPS) is 20.0. The van der Waals surface area contributed by atoms with Crippen LogP contribution in [0.15, 0.2) is 59.5 Å². The van der Waals surface area contributed by atoms with Crippen molar-refractivity contribution in [1.82, 2.24) is 9.21 Å². The van der Waals surface area contributed by atoms with Crippen LogP contribution in [0.25, 0.3) is 0 Å². The summed E-state index contributed by atoms with van der Waals surface area (Å²) in [5.74, 6) is -1.69. The summed E-state index contributed by atoms with van der Waals surface area (Å²) >= 11 is 0. The van der Waals surface area contributed by atoms with E-state index in [1.165, 1.54) is 17.0 Å². The standard InChI is InChI=1S/C22H23N3O7S/c26-20-18(15-23(20)22(21(27)28)12-6-7-13-22)24(14-16-8-2-1-3-9-16)33(31,32)19-11-5-4-10-17(19)25(29)30/h1-5,8-11,18H,6-7,12-15H2,(H,27,28). The van der Waals surface area contributed by atoms with Gasteiger partial charge >= 0.3 is 5.97 Å². The number of hydrogen-bond donors (Lipinski definition) is 1. The maximum Gasteiger partial charge on any atom is 0.329 e. The number of β-lactam (4-membered cyclic amide) rings is 1. The first kappa shape index (κ1) is 22.9. The molecule has 1 aliphatic carbocycles. The number of aliphatic carboxylic acids is 1. The second-order valence-corrected chi connectivity index (χ2v) is 10.1. The molecule has 1 saturated heterocycles. The summed E-state index contributed by atoms with van der Waals surface area (Å²) in [6.07, 6.45) is 1.97. The summed E-state index contributed by atoms with van der Waals surface area (Å²) in [4.78, 5) is 36.7. The molecule has 2 aromatic carbocycles. The monoisotopic (exact) mass is 473 g/mol. The number of carboxylic acid groups (broad SMARTS) is 1. The lowest BCUT2D eigenvalue weighted by Gasteiger charge is -2.50. The third kappa shape index (κ3) is 3.87. The van der Waals surface area contributed by atoms with E-state index in [2.05, 4.69) is 0 Å². The lowest BCUT2D eigenvalue weighted by Crippen LogP contribution is -2.72. The van der Waals surface area contributed by atoms with Crippen LogP contribution in [0.2, 0.25) is 0 Å². The van der Waals surface area contributed by atoms with Gasteiger partial charge in [0.05, 0.1) is 4.92 Å². The molecule has 1 unspecified atom stereocenters. The molecule has 1 aliphatic heterocycles. The van der Waals surface area contributed by atoms with Gasteiger partial charge in [-0.15, -0.1) is 0 Å². The minimum Gasteiger partial charge on any atom is -0.479 e. The fraction of sp³-hybridized carbons (Fsp3) is 0.364. The summed E-state index contributed by atoms with van der Waals surface area (Å²) in [6.45, 7) is -0.266. The van der Waals surface area contributed by atoms with Gasteiger partial charge in [0.15, 0.2) is 4.90 Å². The van der Waals surface area contributed by atoms with Crippen LogP contribution in [0.4, 0.5) is 5.69 Å².